The fourth-order valence-corrected chi connectivity index (χ4v) is 6.38. The third-order valence-electron chi connectivity index (χ3n) is 9.32. The fourth-order valence-electron chi connectivity index (χ4n) is 6.38. The number of hydrogen-bond acceptors (Lipinski definition) is 7. The molecule has 4 rings (SSSR count). The van der Waals surface area contributed by atoms with Gasteiger partial charge in [0.25, 0.3) is 5.91 Å². The Kier molecular flexibility index (Phi) is 10.6. The molecule has 1 aromatic carbocycles. The Hall–Kier alpha value is -3.77. The van der Waals surface area contributed by atoms with E-state index in [1.165, 1.54) is 6.08 Å². The maximum atomic E-state index is 13.6. The molecule has 2 heterocycles. The number of rotatable bonds is 12. The molecule has 1 saturated heterocycles. The van der Waals surface area contributed by atoms with Gasteiger partial charge in [-0.2, -0.15) is 0 Å². The number of aliphatic hydroxyl groups excluding tert-OH is 1. The van der Waals surface area contributed by atoms with E-state index < -0.39 is 59.9 Å². The van der Waals surface area contributed by atoms with E-state index in [1.54, 1.807) is 9.80 Å². The number of urea groups is 1. The van der Waals surface area contributed by atoms with Crippen molar-refractivity contribution < 1.29 is 29.1 Å². The summed E-state index contributed by atoms with van der Waals surface area (Å²) < 4.78 is 0. The molecule has 3 aliphatic rings. The largest absolute Gasteiger partial charge is 0.376 e. The molecule has 0 aromatic heterocycles. The van der Waals surface area contributed by atoms with E-state index >= 15 is 0 Å². The molecule has 5 N–H and O–H groups in total. The van der Waals surface area contributed by atoms with Crippen molar-refractivity contribution in [1.82, 2.24) is 31.1 Å². The Morgan fingerprint density at radius 2 is 1.70 bits per heavy atom. The number of benzene rings is 1. The van der Waals surface area contributed by atoms with Crippen LogP contribution in [0.15, 0.2) is 36.9 Å². The molecule has 1 aromatic rings. The first-order chi connectivity index (χ1) is 21.5. The Labute approximate surface area is 271 Å². The fraction of sp³-hybridized carbons (Fsp3) is 0.618. The van der Waals surface area contributed by atoms with Crippen LogP contribution < -0.4 is 21.3 Å². The number of piperidine rings is 1. The van der Waals surface area contributed by atoms with Gasteiger partial charge >= 0.3 is 6.03 Å². The lowest BCUT2D eigenvalue weighted by atomic mass is 9.84. The van der Waals surface area contributed by atoms with Crippen molar-refractivity contribution in [3.63, 3.8) is 0 Å². The predicted molar refractivity (Wildman–Crippen MR) is 173 cm³/mol. The summed E-state index contributed by atoms with van der Waals surface area (Å²) in [7, 11) is 0. The summed E-state index contributed by atoms with van der Waals surface area (Å²) in [6.07, 6.45) is 1.40. The summed E-state index contributed by atoms with van der Waals surface area (Å²) in [5, 5.41) is 22.7. The topological polar surface area (TPSA) is 160 Å². The van der Waals surface area contributed by atoms with Crippen molar-refractivity contribution in [3.8, 4) is 0 Å². The lowest BCUT2D eigenvalue weighted by Gasteiger charge is -2.42. The minimum Gasteiger partial charge on any atom is -0.376 e. The monoisotopic (exact) mass is 638 g/mol. The second-order valence-corrected chi connectivity index (χ2v) is 15.0. The van der Waals surface area contributed by atoms with Crippen LogP contribution >= 0.6 is 0 Å². The third-order valence-corrected chi connectivity index (χ3v) is 9.32. The summed E-state index contributed by atoms with van der Waals surface area (Å²) in [4.78, 5) is 67.5. The summed E-state index contributed by atoms with van der Waals surface area (Å²) >= 11 is 0. The van der Waals surface area contributed by atoms with E-state index in [2.05, 4.69) is 27.8 Å². The van der Waals surface area contributed by atoms with Crippen molar-refractivity contribution in [1.29, 1.82) is 0 Å². The Morgan fingerprint density at radius 3 is 2.33 bits per heavy atom. The number of Topliss-reactive ketones (excluding diaryl/α,β-unsaturated/α-hetero) is 1. The molecule has 46 heavy (non-hydrogen) atoms. The zero-order valence-corrected chi connectivity index (χ0v) is 27.9. The Morgan fingerprint density at radius 1 is 1.02 bits per heavy atom. The van der Waals surface area contributed by atoms with E-state index in [-0.39, 0.29) is 29.7 Å². The minimum atomic E-state index is -1.20. The quantitative estimate of drug-likeness (QED) is 0.171. The Balaban J connectivity index is 1.42. The van der Waals surface area contributed by atoms with Crippen molar-refractivity contribution in [2.75, 3.05) is 26.2 Å². The number of ketones is 1. The van der Waals surface area contributed by atoms with Gasteiger partial charge in [-0.25, -0.2) is 4.79 Å². The second kappa shape index (κ2) is 13.9. The molecule has 12 heteroatoms. The van der Waals surface area contributed by atoms with E-state index in [0.717, 1.165) is 17.5 Å². The molecule has 252 valence electrons. The molecule has 6 atom stereocenters. The van der Waals surface area contributed by atoms with Gasteiger partial charge in [-0.05, 0) is 40.2 Å². The maximum absolute atomic E-state index is 13.6. The van der Waals surface area contributed by atoms with E-state index in [1.807, 2.05) is 65.8 Å². The highest BCUT2D eigenvalue weighted by molar-refractivity contribution is 6.37. The summed E-state index contributed by atoms with van der Waals surface area (Å²) in [5.74, 6) is -1.77. The normalized spacial score (nSPS) is 22.9. The molecule has 1 saturated carbocycles. The van der Waals surface area contributed by atoms with Crippen LogP contribution in [0.2, 0.25) is 0 Å². The molecule has 1 aliphatic carbocycles. The number of fused-ring (bicyclic) bond motifs is 2. The number of nitrogens with zero attached hydrogens (tertiary/aromatic N) is 2. The van der Waals surface area contributed by atoms with Crippen molar-refractivity contribution in [3.05, 3.63) is 48.0 Å². The number of aliphatic hydroxyl groups is 1. The van der Waals surface area contributed by atoms with Gasteiger partial charge in [0.05, 0.1) is 31.1 Å². The average molecular weight is 639 g/mol. The number of hydrogen-bond donors (Lipinski definition) is 5. The number of nitrogens with one attached hydrogen (secondary N) is 4. The third kappa shape index (κ3) is 8.33. The Bertz CT molecular complexity index is 1350. The van der Waals surface area contributed by atoms with Crippen LogP contribution in [0.4, 0.5) is 4.79 Å². The molecular formula is C34H50N6O6. The molecule has 5 amide bonds. The number of carbonyl (C=O) groups is 5. The standard InChI is InChI=1S/C34H50N6O6/c1-8-13-35-29(43)24(41)16-36-30(44)27-23-14-22(23)18-40(27)31(45)28(34(5,6)7)38-32(46)37-25(33(2,3)4)19-39-17-21-12-10-9-11-20(21)15-26(39)42/h8-12,22-23,25,27-28,31,45H,1,13-19H2,2-7H3,(H,35,43)(H,36,44)(H2,37,38,46)/t22?,23?,25-,27+,28-,31?/m1/s1. The van der Waals surface area contributed by atoms with Gasteiger partial charge in [0, 0.05) is 26.2 Å². The van der Waals surface area contributed by atoms with Gasteiger partial charge in [0.15, 0.2) is 0 Å². The SMILES string of the molecule is C=CCNC(=O)C(=O)CNC(=O)[C@@H]1C2CC2CN1C(O)[C@@H](NC(=O)N[C@H](CN1Cc2ccccc2CC1=O)C(C)(C)C)C(C)(C)C. The first kappa shape index (κ1) is 35.1. The van der Waals surface area contributed by atoms with E-state index in [0.29, 0.717) is 26.1 Å². The zero-order chi connectivity index (χ0) is 34.0. The van der Waals surface area contributed by atoms with Crippen LogP contribution in [0.5, 0.6) is 0 Å². The molecule has 2 aliphatic heterocycles. The zero-order valence-electron chi connectivity index (χ0n) is 27.9. The second-order valence-electron chi connectivity index (χ2n) is 15.0. The lowest BCUT2D eigenvalue weighted by Crippen LogP contribution is -2.63. The highest BCUT2D eigenvalue weighted by atomic mass is 16.3. The molecular weight excluding hydrogens is 588 g/mol. The van der Waals surface area contributed by atoms with Gasteiger partial charge in [0.1, 0.15) is 6.23 Å². The van der Waals surface area contributed by atoms with Crippen molar-refractivity contribution in [2.45, 2.75) is 85.3 Å². The maximum Gasteiger partial charge on any atom is 0.315 e. The van der Waals surface area contributed by atoms with Gasteiger partial charge in [0.2, 0.25) is 17.6 Å². The average Bonchev–Trinajstić information content (AvgIpc) is 3.64. The van der Waals surface area contributed by atoms with Crippen LogP contribution in [-0.4, -0.2) is 95.0 Å². The van der Waals surface area contributed by atoms with Crippen LogP contribution in [-0.2, 0) is 32.1 Å². The number of likely N-dealkylation sites (tertiary alicyclic amines) is 1. The first-order valence-electron chi connectivity index (χ1n) is 16.1. The molecule has 0 spiro atoms. The van der Waals surface area contributed by atoms with Crippen molar-refractivity contribution >= 4 is 29.5 Å². The van der Waals surface area contributed by atoms with Crippen LogP contribution in [0.1, 0.15) is 59.1 Å². The highest BCUT2D eigenvalue weighted by Crippen LogP contribution is 2.50. The van der Waals surface area contributed by atoms with Crippen LogP contribution in [0.3, 0.4) is 0 Å². The highest BCUT2D eigenvalue weighted by Gasteiger charge is 2.58. The predicted octanol–water partition coefficient (Wildman–Crippen LogP) is 1.33. The van der Waals surface area contributed by atoms with Gasteiger partial charge in [-0.3, -0.25) is 24.1 Å². The van der Waals surface area contributed by atoms with Gasteiger partial charge < -0.3 is 31.3 Å². The summed E-state index contributed by atoms with van der Waals surface area (Å²) in [5.41, 5.74) is 1.13. The van der Waals surface area contributed by atoms with Crippen molar-refractivity contribution in [2.24, 2.45) is 22.7 Å². The van der Waals surface area contributed by atoms with Gasteiger partial charge in [-0.1, -0.05) is 71.9 Å². The number of carbonyl (C=O) groups excluding carboxylic acids is 5. The summed E-state index contributed by atoms with van der Waals surface area (Å²) in [6.45, 7) is 16.2. The van der Waals surface area contributed by atoms with Crippen LogP contribution in [0, 0.1) is 22.7 Å². The molecule has 0 bridgehead atoms. The minimum absolute atomic E-state index is 0.00848. The van der Waals surface area contributed by atoms with E-state index in [4.69, 9.17) is 0 Å². The van der Waals surface area contributed by atoms with Gasteiger partial charge in [-0.15, -0.1) is 6.58 Å². The van der Waals surface area contributed by atoms with E-state index in [9.17, 15) is 29.1 Å². The number of amides is 5. The lowest BCUT2D eigenvalue weighted by molar-refractivity contribution is -0.139. The summed E-state index contributed by atoms with van der Waals surface area (Å²) in [6, 6.07) is 5.54. The molecule has 12 nitrogen and oxygen atoms in total. The smallest absolute Gasteiger partial charge is 0.315 e. The first-order valence-corrected chi connectivity index (χ1v) is 16.1. The van der Waals surface area contributed by atoms with Crippen LogP contribution in [0.25, 0.3) is 0 Å². The molecule has 2 fully saturated rings. The molecule has 0 radical (unpaired) electrons. The molecule has 3 unspecified atom stereocenters.